The van der Waals surface area contributed by atoms with Crippen molar-refractivity contribution < 1.29 is 13.2 Å². The van der Waals surface area contributed by atoms with Crippen molar-refractivity contribution in [3.05, 3.63) is 0 Å². The van der Waals surface area contributed by atoms with Gasteiger partial charge in [0.15, 0.2) is 0 Å². The first-order valence-corrected chi connectivity index (χ1v) is 1.83. The van der Waals surface area contributed by atoms with Gasteiger partial charge in [-0.2, -0.15) is 13.2 Å². The highest BCUT2D eigenvalue weighted by atomic mass is 127. The lowest BCUT2D eigenvalue weighted by atomic mass is 11.6. The molecule has 0 aromatic heterocycles. The predicted molar refractivity (Wildman–Crippen MR) is 28.6 cm³/mol. The Hall–Kier alpha value is 1.29. The Balaban J connectivity index is 0. The van der Waals surface area contributed by atoms with Crippen LogP contribution in [0, 0.1) is 0 Å². The zero-order chi connectivity index (χ0) is 4.50. The molecule has 0 nitrogen and oxygen atoms in total. The fraction of sp³-hybridized carbons (Fsp3) is 1.00. The molecule has 0 aromatic carbocycles. The van der Waals surface area contributed by atoms with Crippen molar-refractivity contribution in [2.24, 2.45) is 0 Å². The molecular formula is CH2F3IMg. The summed E-state index contributed by atoms with van der Waals surface area (Å²) in [7, 11) is 0. The molecule has 0 aliphatic rings. The quantitative estimate of drug-likeness (QED) is 0.326. The Bertz CT molecular complexity index is 26.3. The van der Waals surface area contributed by atoms with Gasteiger partial charge in [-0.3, -0.25) is 0 Å². The number of alkyl halides is 4. The summed E-state index contributed by atoms with van der Waals surface area (Å²) in [6.45, 7) is 0. The molecule has 36 valence electrons. The molecular weight excluding hydrogens is 220 g/mol. The van der Waals surface area contributed by atoms with Gasteiger partial charge in [0.25, 0.3) is 0 Å². The summed E-state index contributed by atoms with van der Waals surface area (Å²) < 4.78 is 27.0. The first-order chi connectivity index (χ1) is 2.00. The molecule has 6 heavy (non-hydrogen) atoms. The maximum atomic E-state index is 10.3. The van der Waals surface area contributed by atoms with E-state index in [0.29, 0.717) is 22.6 Å². The largest absolute Gasteiger partial charge is 0.441 e. The van der Waals surface area contributed by atoms with Crippen LogP contribution in [0.3, 0.4) is 0 Å². The molecule has 0 unspecified atom stereocenters. The standard InChI is InChI=1S/CF3I.Mg.2H/c2-1(3,4)5;;;. The first-order valence-electron chi connectivity index (χ1n) is 0.756. The monoisotopic (exact) mass is 222 g/mol. The molecule has 0 aliphatic heterocycles. The van der Waals surface area contributed by atoms with Gasteiger partial charge in [0.05, 0.1) is 0 Å². The van der Waals surface area contributed by atoms with E-state index in [0.717, 1.165) is 0 Å². The highest BCUT2D eigenvalue weighted by Crippen LogP contribution is 2.22. The minimum absolute atomic E-state index is 0. The Kier molecular flexibility index (Phi) is 5.68. The molecule has 5 heteroatoms. The molecule has 0 aromatic rings. The molecule has 0 saturated heterocycles. The van der Waals surface area contributed by atoms with E-state index in [9.17, 15) is 13.2 Å². The smallest absolute Gasteiger partial charge is 0.161 e. The van der Waals surface area contributed by atoms with Crippen LogP contribution in [0.5, 0.6) is 0 Å². The number of halogens is 4. The van der Waals surface area contributed by atoms with Gasteiger partial charge in [-0.25, -0.2) is 0 Å². The lowest BCUT2D eigenvalue weighted by Crippen LogP contribution is -1.87. The summed E-state index contributed by atoms with van der Waals surface area (Å²) in [5.41, 5.74) is 0. The second-order valence-electron chi connectivity index (χ2n) is 0.429. The highest BCUT2D eigenvalue weighted by molar-refractivity contribution is 14.1. The maximum Gasteiger partial charge on any atom is 0.441 e. The molecule has 0 atom stereocenters. The summed E-state index contributed by atoms with van der Waals surface area (Å²) in [5, 5.41) is 0. The van der Waals surface area contributed by atoms with Gasteiger partial charge in [-0.05, 0) is 0 Å². The molecule has 0 aliphatic carbocycles. The van der Waals surface area contributed by atoms with Crippen molar-refractivity contribution >= 4 is 45.6 Å². The Morgan fingerprint density at radius 2 is 1.17 bits per heavy atom. The molecule has 0 spiro atoms. The average Bonchev–Trinajstić information content (AvgIpc) is 0.722. The van der Waals surface area contributed by atoms with Crippen LogP contribution >= 0.6 is 22.6 Å². The second-order valence-corrected chi connectivity index (χ2v) is 1.65. The Labute approximate surface area is 62.8 Å². The zero-order valence-corrected chi connectivity index (χ0v) is 4.17. The van der Waals surface area contributed by atoms with Crippen LogP contribution in [0.2, 0.25) is 0 Å². The van der Waals surface area contributed by atoms with E-state index < -0.39 is 4.18 Å². The number of hydrogen-bond donors (Lipinski definition) is 0. The molecule has 0 N–H and O–H groups in total. The van der Waals surface area contributed by atoms with Crippen LogP contribution in [0.25, 0.3) is 0 Å². The summed E-state index contributed by atoms with van der Waals surface area (Å²) in [4.78, 5) is 0. The van der Waals surface area contributed by atoms with Crippen LogP contribution in [0.4, 0.5) is 13.2 Å². The Morgan fingerprint density at radius 1 is 1.17 bits per heavy atom. The van der Waals surface area contributed by atoms with Crippen LogP contribution in [-0.2, 0) is 0 Å². The van der Waals surface area contributed by atoms with E-state index in [1.54, 1.807) is 0 Å². The molecule has 0 rings (SSSR count). The Morgan fingerprint density at radius 3 is 1.17 bits per heavy atom. The molecule has 0 amide bonds. The first kappa shape index (κ1) is 10.3. The average molecular weight is 222 g/mol. The van der Waals surface area contributed by atoms with Crippen molar-refractivity contribution in [1.29, 1.82) is 0 Å². The van der Waals surface area contributed by atoms with E-state index in [4.69, 9.17) is 0 Å². The lowest BCUT2D eigenvalue weighted by Gasteiger charge is -1.85. The van der Waals surface area contributed by atoms with Crippen molar-refractivity contribution in [1.82, 2.24) is 0 Å². The third kappa shape index (κ3) is 58.7. The van der Waals surface area contributed by atoms with Crippen LogP contribution in [-0.4, -0.2) is 27.2 Å². The molecule has 0 fully saturated rings. The van der Waals surface area contributed by atoms with Gasteiger partial charge in [-0.15, -0.1) is 0 Å². The van der Waals surface area contributed by atoms with E-state index in [2.05, 4.69) is 0 Å². The molecule has 0 radical (unpaired) electrons. The summed E-state index contributed by atoms with van der Waals surface area (Å²) in [5.74, 6) is 0. The zero-order valence-electron chi connectivity index (χ0n) is 2.01. The highest BCUT2D eigenvalue weighted by Gasteiger charge is 2.19. The van der Waals surface area contributed by atoms with Crippen molar-refractivity contribution in [3.8, 4) is 0 Å². The van der Waals surface area contributed by atoms with Gasteiger partial charge in [0.2, 0.25) is 0 Å². The van der Waals surface area contributed by atoms with Gasteiger partial charge < -0.3 is 0 Å². The normalized spacial score (nSPS) is 10.0. The summed E-state index contributed by atoms with van der Waals surface area (Å²) >= 11 is 0.378. The third-order valence-corrected chi connectivity index (χ3v) is 0. The van der Waals surface area contributed by atoms with Gasteiger partial charge in [0, 0.05) is 22.6 Å². The second kappa shape index (κ2) is 3.31. The van der Waals surface area contributed by atoms with Crippen LogP contribution in [0.15, 0.2) is 0 Å². The molecule has 0 heterocycles. The minimum atomic E-state index is -4.03. The van der Waals surface area contributed by atoms with E-state index in [-0.39, 0.29) is 23.1 Å². The summed E-state index contributed by atoms with van der Waals surface area (Å²) in [6, 6.07) is 0. The molecule has 0 bridgehead atoms. The van der Waals surface area contributed by atoms with E-state index in [1.807, 2.05) is 0 Å². The number of hydrogen-bond acceptors (Lipinski definition) is 0. The van der Waals surface area contributed by atoms with Crippen LogP contribution < -0.4 is 0 Å². The van der Waals surface area contributed by atoms with Crippen molar-refractivity contribution in [3.63, 3.8) is 0 Å². The van der Waals surface area contributed by atoms with Crippen molar-refractivity contribution in [2.45, 2.75) is 4.18 Å². The van der Waals surface area contributed by atoms with Gasteiger partial charge in [0.1, 0.15) is 0 Å². The van der Waals surface area contributed by atoms with Gasteiger partial charge in [-0.1, -0.05) is 0 Å². The fourth-order valence-electron chi connectivity index (χ4n) is 0. The SMILES string of the molecule is FC(F)(F)I.[MgH2]. The summed E-state index contributed by atoms with van der Waals surface area (Å²) in [6.07, 6.45) is 0. The van der Waals surface area contributed by atoms with E-state index in [1.165, 1.54) is 0 Å². The predicted octanol–water partition coefficient (Wildman–Crippen LogP) is 1.02. The third-order valence-electron chi connectivity index (χ3n) is 0. The lowest BCUT2D eigenvalue weighted by molar-refractivity contribution is -0.0125. The van der Waals surface area contributed by atoms with Crippen molar-refractivity contribution in [2.75, 3.05) is 0 Å². The number of rotatable bonds is 0. The van der Waals surface area contributed by atoms with Gasteiger partial charge >= 0.3 is 27.2 Å². The molecule has 0 saturated carbocycles. The fourth-order valence-corrected chi connectivity index (χ4v) is 0. The minimum Gasteiger partial charge on any atom is -0.161 e. The van der Waals surface area contributed by atoms with E-state index >= 15 is 0 Å². The maximum absolute atomic E-state index is 10.3. The topological polar surface area (TPSA) is 0 Å². The van der Waals surface area contributed by atoms with Crippen LogP contribution in [0.1, 0.15) is 0 Å².